The maximum absolute atomic E-state index is 12.9. The first kappa shape index (κ1) is 22.1. The smallest absolute Gasteiger partial charge is 0.251 e. The van der Waals surface area contributed by atoms with E-state index in [2.05, 4.69) is 5.32 Å². The molecule has 2 aromatic rings. The number of benzene rings is 2. The number of nitrogens with one attached hydrogen (secondary N) is 1. The van der Waals surface area contributed by atoms with Crippen LogP contribution in [0.25, 0.3) is 0 Å². The van der Waals surface area contributed by atoms with Crippen molar-refractivity contribution in [1.82, 2.24) is 9.62 Å². The van der Waals surface area contributed by atoms with Crippen LogP contribution >= 0.6 is 0 Å². The summed E-state index contributed by atoms with van der Waals surface area (Å²) >= 11 is 0. The molecule has 30 heavy (non-hydrogen) atoms. The van der Waals surface area contributed by atoms with E-state index in [9.17, 15) is 13.2 Å². The van der Waals surface area contributed by atoms with Crippen LogP contribution in [0.1, 0.15) is 48.1 Å². The average molecular weight is 433 g/mol. The Morgan fingerprint density at radius 3 is 2.43 bits per heavy atom. The van der Waals surface area contributed by atoms with Gasteiger partial charge in [0.15, 0.2) is 0 Å². The molecule has 0 aromatic heterocycles. The number of rotatable bonds is 7. The topological polar surface area (TPSA) is 84.9 Å². The molecular weight excluding hydrogens is 404 g/mol. The first-order chi connectivity index (χ1) is 14.4. The second kappa shape index (κ2) is 9.49. The molecule has 1 fully saturated rings. The number of carbonyl (C=O) groups is 1. The first-order valence-electron chi connectivity index (χ1n) is 10.00. The zero-order chi connectivity index (χ0) is 21.7. The number of carbonyl (C=O) groups excluding carboxylic acids is 1. The highest BCUT2D eigenvalue weighted by Gasteiger charge is 2.26. The summed E-state index contributed by atoms with van der Waals surface area (Å²) in [7, 11) is -0.465. The molecule has 7 nitrogen and oxygen atoms in total. The number of amides is 1. The van der Waals surface area contributed by atoms with Gasteiger partial charge in [-0.2, -0.15) is 4.31 Å². The molecule has 0 spiro atoms. The van der Waals surface area contributed by atoms with Gasteiger partial charge in [-0.3, -0.25) is 4.79 Å². The molecule has 1 aliphatic heterocycles. The maximum Gasteiger partial charge on any atom is 0.251 e. The number of methoxy groups -OCH3 is 2. The quantitative estimate of drug-likeness (QED) is 0.725. The summed E-state index contributed by atoms with van der Waals surface area (Å²) in [5, 5.41) is 2.91. The van der Waals surface area contributed by atoms with Gasteiger partial charge in [0.2, 0.25) is 10.0 Å². The molecule has 1 aliphatic rings. The maximum atomic E-state index is 12.9. The fourth-order valence-corrected chi connectivity index (χ4v) is 5.15. The van der Waals surface area contributed by atoms with Crippen molar-refractivity contribution in [2.45, 2.75) is 37.1 Å². The Morgan fingerprint density at radius 2 is 1.77 bits per heavy atom. The number of hydrogen-bond acceptors (Lipinski definition) is 5. The van der Waals surface area contributed by atoms with E-state index in [4.69, 9.17) is 9.47 Å². The summed E-state index contributed by atoms with van der Waals surface area (Å²) in [6.45, 7) is 2.88. The van der Waals surface area contributed by atoms with Crippen LogP contribution in [0.5, 0.6) is 11.5 Å². The molecule has 0 aliphatic carbocycles. The molecule has 162 valence electrons. The third-order valence-corrected chi connectivity index (χ3v) is 7.19. The van der Waals surface area contributed by atoms with Crippen molar-refractivity contribution in [1.29, 1.82) is 0 Å². The van der Waals surface area contributed by atoms with Gasteiger partial charge in [-0.05, 0) is 56.2 Å². The van der Waals surface area contributed by atoms with Crippen LogP contribution in [0.3, 0.4) is 0 Å². The zero-order valence-electron chi connectivity index (χ0n) is 17.6. The van der Waals surface area contributed by atoms with Crippen LogP contribution in [0.15, 0.2) is 47.4 Å². The Labute approximate surface area is 178 Å². The lowest BCUT2D eigenvalue weighted by Gasteiger charge is -2.26. The van der Waals surface area contributed by atoms with Crippen molar-refractivity contribution in [3.05, 3.63) is 53.6 Å². The Bertz CT molecular complexity index is 1000. The summed E-state index contributed by atoms with van der Waals surface area (Å²) in [5.41, 5.74) is 1.06. The predicted molar refractivity (Wildman–Crippen MR) is 114 cm³/mol. The van der Waals surface area contributed by atoms with Crippen LogP contribution in [0.2, 0.25) is 0 Å². The predicted octanol–water partition coefficient (Wildman–Crippen LogP) is 3.37. The van der Waals surface area contributed by atoms with E-state index >= 15 is 0 Å². The normalized spacial score (nSPS) is 16.0. The molecule has 0 unspecified atom stereocenters. The van der Waals surface area contributed by atoms with Crippen LogP contribution < -0.4 is 14.8 Å². The first-order valence-corrected chi connectivity index (χ1v) is 11.4. The molecular formula is C22H28N2O5S. The fraction of sp³-hybridized carbons (Fsp3) is 0.409. The van der Waals surface area contributed by atoms with E-state index in [0.717, 1.165) is 24.8 Å². The minimum Gasteiger partial charge on any atom is -0.497 e. The van der Waals surface area contributed by atoms with Crippen LogP contribution in [0.4, 0.5) is 0 Å². The second-order valence-corrected chi connectivity index (χ2v) is 9.23. The molecule has 0 saturated carbocycles. The molecule has 0 radical (unpaired) electrons. The van der Waals surface area contributed by atoms with Crippen molar-refractivity contribution >= 4 is 15.9 Å². The van der Waals surface area contributed by atoms with Gasteiger partial charge in [-0.25, -0.2) is 8.42 Å². The Hall–Kier alpha value is -2.58. The van der Waals surface area contributed by atoms with Gasteiger partial charge in [0.25, 0.3) is 5.91 Å². The Kier molecular flexibility index (Phi) is 6.99. The number of nitrogens with zero attached hydrogens (tertiary/aromatic N) is 1. The van der Waals surface area contributed by atoms with Crippen LogP contribution in [-0.4, -0.2) is 45.9 Å². The number of ether oxygens (including phenoxy) is 2. The lowest BCUT2D eigenvalue weighted by molar-refractivity contribution is 0.0939. The van der Waals surface area contributed by atoms with Gasteiger partial charge in [0.1, 0.15) is 11.5 Å². The highest BCUT2D eigenvalue weighted by Crippen LogP contribution is 2.29. The van der Waals surface area contributed by atoms with Crippen LogP contribution in [0, 0.1) is 0 Å². The monoisotopic (exact) mass is 432 g/mol. The molecule has 1 heterocycles. The minimum atomic E-state index is -3.60. The van der Waals surface area contributed by atoms with E-state index in [0.29, 0.717) is 30.2 Å². The van der Waals surface area contributed by atoms with Gasteiger partial charge in [-0.15, -0.1) is 0 Å². The summed E-state index contributed by atoms with van der Waals surface area (Å²) in [6, 6.07) is 11.2. The minimum absolute atomic E-state index is 0.142. The summed E-state index contributed by atoms with van der Waals surface area (Å²) in [4.78, 5) is 13.0. The molecule has 1 atom stereocenters. The van der Waals surface area contributed by atoms with Crippen molar-refractivity contribution in [3.63, 3.8) is 0 Å². The third kappa shape index (κ3) is 4.76. The van der Waals surface area contributed by atoms with Gasteiger partial charge in [-0.1, -0.05) is 12.5 Å². The van der Waals surface area contributed by atoms with Gasteiger partial charge >= 0.3 is 0 Å². The third-order valence-electron chi connectivity index (χ3n) is 5.30. The lowest BCUT2D eigenvalue weighted by atomic mass is 10.1. The summed E-state index contributed by atoms with van der Waals surface area (Å²) in [5.74, 6) is 0.926. The number of hydrogen-bond donors (Lipinski definition) is 1. The molecule has 8 heteroatoms. The van der Waals surface area contributed by atoms with E-state index in [1.54, 1.807) is 44.6 Å². The molecule has 2 aromatic carbocycles. The Morgan fingerprint density at radius 1 is 1.03 bits per heavy atom. The van der Waals surface area contributed by atoms with Gasteiger partial charge in [0, 0.05) is 24.2 Å². The van der Waals surface area contributed by atoms with Crippen molar-refractivity contribution in [2.75, 3.05) is 27.3 Å². The van der Waals surface area contributed by atoms with Gasteiger partial charge in [0.05, 0.1) is 25.2 Å². The van der Waals surface area contributed by atoms with Crippen LogP contribution in [-0.2, 0) is 10.0 Å². The van der Waals surface area contributed by atoms with Gasteiger partial charge < -0.3 is 14.8 Å². The molecule has 1 N–H and O–H groups in total. The molecule has 1 amide bonds. The molecule has 3 rings (SSSR count). The standard InChI is InChI=1S/C22H28N2O5S/c1-16(20-15-18(28-2)10-11-21(20)29-3)23-22(25)17-8-7-9-19(14-17)30(26,27)24-12-5-4-6-13-24/h7-11,14-16H,4-6,12-13H2,1-3H3,(H,23,25)/t16-/m0/s1. The number of sulfonamides is 1. The summed E-state index contributed by atoms with van der Waals surface area (Å²) < 4.78 is 38.0. The van der Waals surface area contributed by atoms with E-state index < -0.39 is 10.0 Å². The largest absolute Gasteiger partial charge is 0.497 e. The molecule has 0 bridgehead atoms. The average Bonchev–Trinajstić information content (AvgIpc) is 2.79. The van der Waals surface area contributed by atoms with Crippen molar-refractivity contribution in [2.24, 2.45) is 0 Å². The van der Waals surface area contributed by atoms with E-state index in [1.165, 1.54) is 16.4 Å². The molecule has 1 saturated heterocycles. The Balaban J connectivity index is 1.80. The summed E-state index contributed by atoms with van der Waals surface area (Å²) in [6.07, 6.45) is 2.76. The van der Waals surface area contributed by atoms with Crippen molar-refractivity contribution < 1.29 is 22.7 Å². The SMILES string of the molecule is COc1ccc(OC)c([C@H](C)NC(=O)c2cccc(S(=O)(=O)N3CCCCC3)c2)c1. The van der Waals surface area contributed by atoms with Crippen molar-refractivity contribution in [3.8, 4) is 11.5 Å². The zero-order valence-corrected chi connectivity index (χ0v) is 18.4. The second-order valence-electron chi connectivity index (χ2n) is 7.30. The number of piperidine rings is 1. The highest BCUT2D eigenvalue weighted by atomic mass is 32.2. The fourth-order valence-electron chi connectivity index (χ4n) is 3.59. The van der Waals surface area contributed by atoms with E-state index in [-0.39, 0.29) is 16.8 Å². The highest BCUT2D eigenvalue weighted by molar-refractivity contribution is 7.89. The van der Waals surface area contributed by atoms with E-state index in [1.807, 2.05) is 6.92 Å². The lowest BCUT2D eigenvalue weighted by Crippen LogP contribution is -2.35.